The minimum Gasteiger partial charge on any atom is -0.382 e. The third-order valence-corrected chi connectivity index (χ3v) is 3.19. The summed E-state index contributed by atoms with van der Waals surface area (Å²) in [6.07, 6.45) is -4.52. The number of nitrogens with one attached hydrogen (secondary N) is 1. The SMILES string of the molecule is COCCOCCNC(=O)c1ccc(Br)c(C(F)(F)F)c1. The fraction of sp³-hybridized carbons (Fsp3) is 0.462. The molecule has 0 unspecified atom stereocenters. The van der Waals surface area contributed by atoms with Crippen LogP contribution in [0.4, 0.5) is 13.2 Å². The van der Waals surface area contributed by atoms with Gasteiger partial charge in [-0.05, 0) is 18.2 Å². The molecular weight excluding hydrogens is 355 g/mol. The molecule has 1 rings (SSSR count). The lowest BCUT2D eigenvalue weighted by Gasteiger charge is -2.11. The number of carbonyl (C=O) groups is 1. The molecule has 8 heteroatoms. The third kappa shape index (κ3) is 6.03. The fourth-order valence-electron chi connectivity index (χ4n) is 1.47. The number of amides is 1. The summed E-state index contributed by atoms with van der Waals surface area (Å²) < 4.78 is 48.0. The highest BCUT2D eigenvalue weighted by atomic mass is 79.9. The van der Waals surface area contributed by atoms with Crippen LogP contribution in [0.15, 0.2) is 22.7 Å². The van der Waals surface area contributed by atoms with E-state index in [0.29, 0.717) is 13.2 Å². The maximum absolute atomic E-state index is 12.7. The van der Waals surface area contributed by atoms with E-state index in [1.807, 2.05) is 0 Å². The van der Waals surface area contributed by atoms with Gasteiger partial charge in [-0.15, -0.1) is 0 Å². The van der Waals surface area contributed by atoms with Crippen LogP contribution in [0.25, 0.3) is 0 Å². The molecule has 0 saturated carbocycles. The number of alkyl halides is 3. The largest absolute Gasteiger partial charge is 0.417 e. The van der Waals surface area contributed by atoms with Gasteiger partial charge >= 0.3 is 6.18 Å². The monoisotopic (exact) mass is 369 g/mol. The first-order valence-corrected chi connectivity index (χ1v) is 6.87. The Kier molecular flexibility index (Phi) is 7.13. The van der Waals surface area contributed by atoms with Gasteiger partial charge in [0.25, 0.3) is 5.91 Å². The van der Waals surface area contributed by atoms with Crippen molar-refractivity contribution in [2.45, 2.75) is 6.18 Å². The molecule has 1 aromatic carbocycles. The van der Waals surface area contributed by atoms with Crippen LogP contribution in [0, 0.1) is 0 Å². The summed E-state index contributed by atoms with van der Waals surface area (Å²) in [6, 6.07) is 3.33. The van der Waals surface area contributed by atoms with E-state index in [0.717, 1.165) is 6.07 Å². The standard InChI is InChI=1S/C13H15BrF3NO3/c1-20-6-7-21-5-4-18-12(19)9-2-3-11(14)10(8-9)13(15,16)17/h2-3,8H,4-7H2,1H3,(H,18,19). The zero-order valence-electron chi connectivity index (χ0n) is 11.3. The van der Waals surface area contributed by atoms with Gasteiger partial charge in [0.2, 0.25) is 0 Å². The van der Waals surface area contributed by atoms with Crippen molar-refractivity contribution < 1.29 is 27.4 Å². The van der Waals surface area contributed by atoms with Crippen LogP contribution in [-0.4, -0.2) is 39.4 Å². The molecule has 0 aliphatic carbocycles. The Bertz CT molecular complexity index is 480. The summed E-state index contributed by atoms with van der Waals surface area (Å²) in [5, 5.41) is 2.49. The average molecular weight is 370 g/mol. The highest BCUT2D eigenvalue weighted by Gasteiger charge is 2.33. The summed E-state index contributed by atoms with van der Waals surface area (Å²) in [4.78, 5) is 11.8. The first kappa shape index (κ1) is 17.9. The Labute approximate surface area is 128 Å². The predicted octanol–water partition coefficient (Wildman–Crippen LogP) is 2.86. The molecular formula is C13H15BrF3NO3. The van der Waals surface area contributed by atoms with Gasteiger partial charge in [-0.25, -0.2) is 0 Å². The summed E-state index contributed by atoms with van der Waals surface area (Å²) in [7, 11) is 1.54. The van der Waals surface area contributed by atoms with Crippen molar-refractivity contribution in [2.24, 2.45) is 0 Å². The van der Waals surface area contributed by atoms with Gasteiger partial charge in [0.05, 0.1) is 25.4 Å². The number of carbonyl (C=O) groups excluding carboxylic acids is 1. The van der Waals surface area contributed by atoms with E-state index >= 15 is 0 Å². The van der Waals surface area contributed by atoms with E-state index in [4.69, 9.17) is 9.47 Å². The molecule has 1 amide bonds. The molecule has 118 valence electrons. The van der Waals surface area contributed by atoms with Crippen molar-refractivity contribution in [2.75, 3.05) is 33.5 Å². The van der Waals surface area contributed by atoms with Crippen LogP contribution in [-0.2, 0) is 15.7 Å². The second-order valence-electron chi connectivity index (χ2n) is 4.05. The molecule has 1 N–H and O–H groups in total. The van der Waals surface area contributed by atoms with Crippen molar-refractivity contribution in [1.29, 1.82) is 0 Å². The second kappa shape index (κ2) is 8.35. The van der Waals surface area contributed by atoms with Gasteiger partial charge in [-0.3, -0.25) is 4.79 Å². The van der Waals surface area contributed by atoms with Crippen LogP contribution >= 0.6 is 15.9 Å². The molecule has 0 aliphatic rings. The summed E-state index contributed by atoms with van der Waals surface area (Å²) in [6.45, 7) is 1.30. The molecule has 0 atom stereocenters. The van der Waals surface area contributed by atoms with Gasteiger partial charge in [0.15, 0.2) is 0 Å². The highest BCUT2D eigenvalue weighted by molar-refractivity contribution is 9.10. The molecule has 0 fully saturated rings. The van der Waals surface area contributed by atoms with Gasteiger partial charge in [0, 0.05) is 23.7 Å². The van der Waals surface area contributed by atoms with Gasteiger partial charge < -0.3 is 14.8 Å². The molecule has 0 radical (unpaired) electrons. The number of halogens is 4. The fourth-order valence-corrected chi connectivity index (χ4v) is 1.94. The van der Waals surface area contributed by atoms with Crippen LogP contribution in [0.2, 0.25) is 0 Å². The molecule has 4 nitrogen and oxygen atoms in total. The van der Waals surface area contributed by atoms with Gasteiger partial charge in [-0.1, -0.05) is 15.9 Å². The number of hydrogen-bond donors (Lipinski definition) is 1. The number of ether oxygens (including phenoxy) is 2. The molecule has 0 bridgehead atoms. The Morgan fingerprint density at radius 1 is 1.29 bits per heavy atom. The molecule has 0 saturated heterocycles. The minimum absolute atomic E-state index is 0.0533. The van der Waals surface area contributed by atoms with Crippen molar-refractivity contribution in [3.63, 3.8) is 0 Å². The van der Waals surface area contributed by atoms with E-state index in [1.54, 1.807) is 0 Å². The van der Waals surface area contributed by atoms with E-state index in [1.165, 1.54) is 19.2 Å². The van der Waals surface area contributed by atoms with Crippen LogP contribution in [0.3, 0.4) is 0 Å². The second-order valence-corrected chi connectivity index (χ2v) is 4.91. The maximum atomic E-state index is 12.7. The summed E-state index contributed by atoms with van der Waals surface area (Å²) in [5.74, 6) is -0.580. The molecule has 1 aromatic rings. The zero-order valence-corrected chi connectivity index (χ0v) is 12.9. The smallest absolute Gasteiger partial charge is 0.382 e. The quantitative estimate of drug-likeness (QED) is 0.751. The van der Waals surface area contributed by atoms with Crippen molar-refractivity contribution in [1.82, 2.24) is 5.32 Å². The number of benzene rings is 1. The van der Waals surface area contributed by atoms with Crippen LogP contribution in [0.1, 0.15) is 15.9 Å². The zero-order chi connectivity index (χ0) is 15.9. The highest BCUT2D eigenvalue weighted by Crippen LogP contribution is 2.35. The van der Waals surface area contributed by atoms with Gasteiger partial charge in [-0.2, -0.15) is 13.2 Å². The Morgan fingerprint density at radius 3 is 2.62 bits per heavy atom. The normalized spacial score (nSPS) is 11.5. The first-order chi connectivity index (χ1) is 9.86. The average Bonchev–Trinajstić information content (AvgIpc) is 2.41. The number of hydrogen-bond acceptors (Lipinski definition) is 3. The molecule has 0 aliphatic heterocycles. The van der Waals surface area contributed by atoms with Gasteiger partial charge in [0.1, 0.15) is 0 Å². The van der Waals surface area contributed by atoms with Crippen molar-refractivity contribution in [3.05, 3.63) is 33.8 Å². The lowest BCUT2D eigenvalue weighted by molar-refractivity contribution is -0.138. The third-order valence-electron chi connectivity index (χ3n) is 2.50. The summed E-state index contributed by atoms with van der Waals surface area (Å²) in [5.41, 5.74) is -0.936. The molecule has 0 spiro atoms. The van der Waals surface area contributed by atoms with E-state index < -0.39 is 17.6 Å². The molecule has 0 aromatic heterocycles. The topological polar surface area (TPSA) is 47.6 Å². The lowest BCUT2D eigenvalue weighted by Crippen LogP contribution is -2.28. The van der Waals surface area contributed by atoms with Crippen molar-refractivity contribution in [3.8, 4) is 0 Å². The lowest BCUT2D eigenvalue weighted by atomic mass is 10.1. The van der Waals surface area contributed by atoms with Crippen LogP contribution < -0.4 is 5.32 Å². The van der Waals surface area contributed by atoms with Crippen LogP contribution in [0.5, 0.6) is 0 Å². The first-order valence-electron chi connectivity index (χ1n) is 6.08. The minimum atomic E-state index is -4.52. The Balaban J connectivity index is 2.55. The molecule has 0 heterocycles. The van der Waals surface area contributed by atoms with E-state index in [9.17, 15) is 18.0 Å². The Morgan fingerprint density at radius 2 is 2.00 bits per heavy atom. The van der Waals surface area contributed by atoms with E-state index in [2.05, 4.69) is 21.2 Å². The summed E-state index contributed by atoms with van der Waals surface area (Å²) >= 11 is 2.82. The maximum Gasteiger partial charge on any atom is 0.417 e. The number of methoxy groups -OCH3 is 1. The predicted molar refractivity (Wildman–Crippen MR) is 74.2 cm³/mol. The molecule has 21 heavy (non-hydrogen) atoms. The van der Waals surface area contributed by atoms with E-state index in [-0.39, 0.29) is 23.2 Å². The van der Waals surface area contributed by atoms with Crippen molar-refractivity contribution >= 4 is 21.8 Å². The Hall–Kier alpha value is -1.12. The number of rotatable bonds is 7.